The van der Waals surface area contributed by atoms with Gasteiger partial charge < -0.3 is 0 Å². The molecule has 0 atom stereocenters. The Morgan fingerprint density at radius 3 is 2.50 bits per heavy atom. The molecule has 3 nitrogen and oxygen atoms in total. The summed E-state index contributed by atoms with van der Waals surface area (Å²) in [6.07, 6.45) is 0.359. The average molecular weight is 239 g/mol. The van der Waals surface area contributed by atoms with E-state index < -0.39 is 0 Å². The van der Waals surface area contributed by atoms with Gasteiger partial charge in [-0.15, -0.1) is 0 Å². The Labute approximate surface area is 108 Å². The number of nitriles is 1. The van der Waals surface area contributed by atoms with Gasteiger partial charge in [-0.2, -0.15) is 10.4 Å². The lowest BCUT2D eigenvalue weighted by Gasteiger charge is -2.08. The average Bonchev–Trinajstić information content (AvgIpc) is 2.71. The molecule has 1 aromatic carbocycles. The second kappa shape index (κ2) is 5.05. The first kappa shape index (κ1) is 12.4. The topological polar surface area (TPSA) is 41.6 Å². The Kier molecular flexibility index (Phi) is 3.47. The van der Waals surface area contributed by atoms with Gasteiger partial charge in [0.05, 0.1) is 23.9 Å². The number of benzene rings is 1. The van der Waals surface area contributed by atoms with Crippen LogP contribution in [0.25, 0.3) is 5.69 Å². The first-order chi connectivity index (χ1) is 8.61. The van der Waals surface area contributed by atoms with Gasteiger partial charge in [-0.25, -0.2) is 4.68 Å². The van der Waals surface area contributed by atoms with Crippen LogP contribution in [0.4, 0.5) is 0 Å². The molecule has 0 saturated carbocycles. The van der Waals surface area contributed by atoms with E-state index in [9.17, 15) is 0 Å². The van der Waals surface area contributed by atoms with Crippen LogP contribution in [-0.2, 0) is 6.42 Å². The maximum absolute atomic E-state index is 8.69. The number of aryl methyl sites for hydroxylation is 1. The molecule has 0 aliphatic rings. The van der Waals surface area contributed by atoms with Gasteiger partial charge in [0, 0.05) is 5.69 Å². The van der Waals surface area contributed by atoms with Crippen molar-refractivity contribution in [1.29, 1.82) is 5.26 Å². The minimum Gasteiger partial charge on any atom is -0.238 e. The first-order valence-corrected chi connectivity index (χ1v) is 6.14. The molecule has 0 saturated heterocycles. The fourth-order valence-electron chi connectivity index (χ4n) is 1.97. The van der Waals surface area contributed by atoms with Crippen molar-refractivity contribution in [3.8, 4) is 11.8 Å². The lowest BCUT2D eigenvalue weighted by Crippen LogP contribution is -2.00. The standard InChI is InChI=1S/C15H17N3/c1-11(2)13-4-6-15(7-5-13)18-12(3)10-14(17-18)8-9-16/h4-7,10-11H,8H2,1-3H3. The van der Waals surface area contributed by atoms with Gasteiger partial charge in [-0.1, -0.05) is 26.0 Å². The highest BCUT2D eigenvalue weighted by Crippen LogP contribution is 2.18. The van der Waals surface area contributed by atoms with Gasteiger partial charge in [-0.3, -0.25) is 0 Å². The zero-order chi connectivity index (χ0) is 13.1. The molecule has 1 aromatic heterocycles. The van der Waals surface area contributed by atoms with Gasteiger partial charge in [0.2, 0.25) is 0 Å². The van der Waals surface area contributed by atoms with Gasteiger partial charge >= 0.3 is 0 Å². The van der Waals surface area contributed by atoms with E-state index >= 15 is 0 Å². The normalized spacial score (nSPS) is 10.6. The summed E-state index contributed by atoms with van der Waals surface area (Å²) in [5.41, 5.74) is 4.24. The van der Waals surface area contributed by atoms with E-state index in [1.807, 2.05) is 17.7 Å². The summed E-state index contributed by atoms with van der Waals surface area (Å²) in [6, 6.07) is 12.5. The Hall–Kier alpha value is -2.08. The van der Waals surface area contributed by atoms with Crippen molar-refractivity contribution in [2.24, 2.45) is 0 Å². The van der Waals surface area contributed by atoms with Crippen LogP contribution in [0.2, 0.25) is 0 Å². The van der Waals surface area contributed by atoms with Gasteiger partial charge in [0.1, 0.15) is 0 Å². The maximum atomic E-state index is 8.69. The van der Waals surface area contributed by atoms with Crippen molar-refractivity contribution >= 4 is 0 Å². The summed E-state index contributed by atoms with van der Waals surface area (Å²) in [7, 11) is 0. The Bertz CT molecular complexity index is 571. The number of hydrogen-bond donors (Lipinski definition) is 0. The first-order valence-electron chi connectivity index (χ1n) is 6.14. The van der Waals surface area contributed by atoms with Crippen LogP contribution in [0.15, 0.2) is 30.3 Å². The summed E-state index contributed by atoms with van der Waals surface area (Å²) in [6.45, 7) is 6.36. The summed E-state index contributed by atoms with van der Waals surface area (Å²) >= 11 is 0. The van der Waals surface area contributed by atoms with Crippen LogP contribution in [0.5, 0.6) is 0 Å². The number of rotatable bonds is 3. The molecule has 0 spiro atoms. The Morgan fingerprint density at radius 1 is 1.28 bits per heavy atom. The zero-order valence-corrected chi connectivity index (χ0v) is 11.0. The molecule has 0 N–H and O–H groups in total. The molecule has 2 aromatic rings. The molecule has 2 rings (SSSR count). The van der Waals surface area contributed by atoms with Crippen molar-refractivity contribution in [1.82, 2.24) is 9.78 Å². The predicted octanol–water partition coefficient (Wildman–Crippen LogP) is 3.37. The van der Waals surface area contributed by atoms with E-state index in [4.69, 9.17) is 5.26 Å². The minimum atomic E-state index is 0.359. The molecule has 0 aliphatic heterocycles. The second-order valence-corrected chi connectivity index (χ2v) is 4.77. The van der Waals surface area contributed by atoms with Crippen LogP contribution in [-0.4, -0.2) is 9.78 Å². The monoisotopic (exact) mass is 239 g/mol. The van der Waals surface area contributed by atoms with Crippen LogP contribution < -0.4 is 0 Å². The maximum Gasteiger partial charge on any atom is 0.0793 e. The largest absolute Gasteiger partial charge is 0.238 e. The molecule has 0 amide bonds. The van der Waals surface area contributed by atoms with E-state index in [-0.39, 0.29) is 0 Å². The van der Waals surface area contributed by atoms with E-state index in [1.54, 1.807) is 0 Å². The molecule has 18 heavy (non-hydrogen) atoms. The molecule has 3 heteroatoms. The van der Waals surface area contributed by atoms with Crippen LogP contribution in [0.3, 0.4) is 0 Å². The highest BCUT2D eigenvalue weighted by atomic mass is 15.3. The quantitative estimate of drug-likeness (QED) is 0.824. The number of hydrogen-bond acceptors (Lipinski definition) is 2. The summed E-state index contributed by atoms with van der Waals surface area (Å²) in [5.74, 6) is 0.534. The lowest BCUT2D eigenvalue weighted by molar-refractivity contribution is 0.820. The molecule has 1 heterocycles. The molecule has 0 unspecified atom stereocenters. The van der Waals surface area contributed by atoms with E-state index in [0.29, 0.717) is 12.3 Å². The number of aromatic nitrogens is 2. The Balaban J connectivity index is 2.34. The SMILES string of the molecule is Cc1cc(CC#N)nn1-c1ccc(C(C)C)cc1. The summed E-state index contributed by atoms with van der Waals surface area (Å²) < 4.78 is 1.89. The molecular weight excluding hydrogens is 222 g/mol. The summed E-state index contributed by atoms with van der Waals surface area (Å²) in [4.78, 5) is 0. The highest BCUT2D eigenvalue weighted by Gasteiger charge is 2.06. The predicted molar refractivity (Wildman–Crippen MR) is 71.7 cm³/mol. The molecular formula is C15H17N3. The van der Waals surface area contributed by atoms with Crippen molar-refractivity contribution in [2.75, 3.05) is 0 Å². The molecule has 0 bridgehead atoms. The molecule has 0 radical (unpaired) electrons. The smallest absolute Gasteiger partial charge is 0.0793 e. The minimum absolute atomic E-state index is 0.359. The third-order valence-electron chi connectivity index (χ3n) is 3.00. The fourth-order valence-corrected chi connectivity index (χ4v) is 1.97. The third kappa shape index (κ3) is 2.43. The van der Waals surface area contributed by atoms with Gasteiger partial charge in [0.25, 0.3) is 0 Å². The van der Waals surface area contributed by atoms with Crippen molar-refractivity contribution in [2.45, 2.75) is 33.1 Å². The molecule has 92 valence electrons. The van der Waals surface area contributed by atoms with Crippen LogP contribution in [0.1, 0.15) is 36.7 Å². The van der Waals surface area contributed by atoms with Crippen LogP contribution in [0, 0.1) is 18.3 Å². The Morgan fingerprint density at radius 2 is 1.94 bits per heavy atom. The van der Waals surface area contributed by atoms with Gasteiger partial charge in [-0.05, 0) is 36.6 Å². The van der Waals surface area contributed by atoms with E-state index in [2.05, 4.69) is 49.3 Å². The van der Waals surface area contributed by atoms with Crippen LogP contribution >= 0.6 is 0 Å². The molecule has 0 fully saturated rings. The fraction of sp³-hybridized carbons (Fsp3) is 0.333. The zero-order valence-electron chi connectivity index (χ0n) is 11.0. The van der Waals surface area contributed by atoms with Gasteiger partial charge in [0.15, 0.2) is 0 Å². The number of nitrogens with zero attached hydrogens (tertiary/aromatic N) is 3. The second-order valence-electron chi connectivity index (χ2n) is 4.77. The lowest BCUT2D eigenvalue weighted by atomic mass is 10.0. The van der Waals surface area contributed by atoms with E-state index in [1.165, 1.54) is 5.56 Å². The van der Waals surface area contributed by atoms with E-state index in [0.717, 1.165) is 17.1 Å². The molecule has 0 aliphatic carbocycles. The van der Waals surface area contributed by atoms with Crippen molar-refractivity contribution in [3.63, 3.8) is 0 Å². The summed E-state index contributed by atoms with van der Waals surface area (Å²) in [5, 5.41) is 13.1. The third-order valence-corrected chi connectivity index (χ3v) is 3.00. The highest BCUT2D eigenvalue weighted by molar-refractivity contribution is 5.37. The van der Waals surface area contributed by atoms with Crippen molar-refractivity contribution in [3.05, 3.63) is 47.3 Å². The van der Waals surface area contributed by atoms with Crippen molar-refractivity contribution < 1.29 is 0 Å².